The molecule has 0 radical (unpaired) electrons. The second-order valence-corrected chi connectivity index (χ2v) is 6.68. The number of hydrogen-bond donors (Lipinski definition) is 0. The summed E-state index contributed by atoms with van der Waals surface area (Å²) in [5.74, 6) is 1.66. The Hall–Kier alpha value is -1.26. The lowest BCUT2D eigenvalue weighted by atomic mass is 10.1. The van der Waals surface area contributed by atoms with E-state index >= 15 is 0 Å². The van der Waals surface area contributed by atoms with Crippen LogP contribution in [-0.2, 0) is 16.1 Å². The lowest BCUT2D eigenvalue weighted by molar-refractivity contribution is 0.116. The minimum Gasteiger partial charge on any atom is -0.454 e. The fraction of sp³-hybridized carbons (Fsp3) is 0.714. The highest BCUT2D eigenvalue weighted by atomic mass is 16.7. The van der Waals surface area contributed by atoms with Gasteiger partial charge in [-0.3, -0.25) is 0 Å². The first-order valence-corrected chi connectivity index (χ1v) is 9.94. The Morgan fingerprint density at radius 3 is 2.16 bits per heavy atom. The van der Waals surface area contributed by atoms with Gasteiger partial charge in [0.25, 0.3) is 0 Å². The van der Waals surface area contributed by atoms with Gasteiger partial charge in [0.05, 0.1) is 6.61 Å². The minimum absolute atomic E-state index is 0.325. The molecule has 1 heterocycles. The third-order valence-electron chi connectivity index (χ3n) is 4.43. The fourth-order valence-electron chi connectivity index (χ4n) is 2.86. The highest BCUT2D eigenvalue weighted by Crippen LogP contribution is 2.32. The van der Waals surface area contributed by atoms with Crippen LogP contribution in [0.15, 0.2) is 18.2 Å². The van der Waals surface area contributed by atoms with Gasteiger partial charge in [0.15, 0.2) is 11.5 Å². The van der Waals surface area contributed by atoms with Crippen LogP contribution in [-0.4, -0.2) is 26.6 Å². The molecule has 4 heteroatoms. The molecule has 0 saturated carbocycles. The van der Waals surface area contributed by atoms with E-state index in [0.717, 1.165) is 43.3 Å². The van der Waals surface area contributed by atoms with Crippen molar-refractivity contribution in [3.05, 3.63) is 23.8 Å². The van der Waals surface area contributed by atoms with Crippen LogP contribution < -0.4 is 9.47 Å². The summed E-state index contributed by atoms with van der Waals surface area (Å²) in [6.45, 7) is 5.88. The maximum Gasteiger partial charge on any atom is 0.231 e. The summed E-state index contributed by atoms with van der Waals surface area (Å²) in [5.41, 5.74) is 1.14. The normalized spacial score (nSPS) is 12.7. The number of rotatable bonds is 15. The van der Waals surface area contributed by atoms with Gasteiger partial charge in [-0.1, -0.05) is 51.5 Å². The van der Waals surface area contributed by atoms with E-state index in [-0.39, 0.29) is 0 Å². The van der Waals surface area contributed by atoms with Gasteiger partial charge >= 0.3 is 0 Å². The zero-order chi connectivity index (χ0) is 17.6. The molecule has 0 atom stereocenters. The van der Waals surface area contributed by atoms with Gasteiger partial charge in [-0.2, -0.15) is 0 Å². The average Bonchev–Trinajstić information content (AvgIpc) is 3.10. The Labute approximate surface area is 152 Å². The third-order valence-corrected chi connectivity index (χ3v) is 4.43. The molecule has 2 rings (SSSR count). The number of benzene rings is 1. The molecule has 0 aromatic heterocycles. The van der Waals surface area contributed by atoms with Gasteiger partial charge < -0.3 is 18.9 Å². The van der Waals surface area contributed by atoms with Gasteiger partial charge in [0.1, 0.15) is 0 Å². The maximum atomic E-state index is 5.76. The van der Waals surface area contributed by atoms with Crippen LogP contribution in [0.5, 0.6) is 11.5 Å². The largest absolute Gasteiger partial charge is 0.454 e. The Kier molecular flexibility index (Phi) is 10.4. The topological polar surface area (TPSA) is 36.9 Å². The molecule has 0 aliphatic carbocycles. The van der Waals surface area contributed by atoms with E-state index in [1.54, 1.807) is 0 Å². The molecule has 1 aromatic carbocycles. The first-order valence-electron chi connectivity index (χ1n) is 9.94. The molecular weight excluding hydrogens is 316 g/mol. The quantitative estimate of drug-likeness (QED) is 0.393. The van der Waals surface area contributed by atoms with Crippen molar-refractivity contribution in [1.29, 1.82) is 0 Å². The molecule has 0 saturated heterocycles. The molecule has 0 bridgehead atoms. The molecule has 0 spiro atoms. The SMILES string of the molecule is CCCCOCCCCCCCCCOCc1ccc2c(c1)OCO2. The van der Waals surface area contributed by atoms with Gasteiger partial charge in [-0.15, -0.1) is 0 Å². The minimum atomic E-state index is 0.325. The van der Waals surface area contributed by atoms with Gasteiger partial charge in [-0.25, -0.2) is 0 Å². The first-order chi connectivity index (χ1) is 12.4. The van der Waals surface area contributed by atoms with Crippen LogP contribution in [0.1, 0.15) is 70.3 Å². The van der Waals surface area contributed by atoms with Crippen molar-refractivity contribution in [2.75, 3.05) is 26.6 Å². The summed E-state index contributed by atoms with van der Waals surface area (Å²) in [6, 6.07) is 6.00. The Morgan fingerprint density at radius 1 is 0.760 bits per heavy atom. The Bertz CT molecular complexity index is 461. The molecule has 25 heavy (non-hydrogen) atoms. The molecular formula is C21H34O4. The zero-order valence-electron chi connectivity index (χ0n) is 15.8. The predicted molar refractivity (Wildman–Crippen MR) is 100 cm³/mol. The number of hydrogen-bond acceptors (Lipinski definition) is 4. The lowest BCUT2D eigenvalue weighted by Crippen LogP contribution is -1.97. The van der Waals surface area contributed by atoms with Crippen LogP contribution in [0.2, 0.25) is 0 Å². The molecule has 1 aliphatic heterocycles. The molecule has 0 amide bonds. The van der Waals surface area contributed by atoms with Crippen molar-refractivity contribution >= 4 is 0 Å². The molecule has 0 fully saturated rings. The van der Waals surface area contributed by atoms with Crippen molar-refractivity contribution in [2.45, 2.75) is 71.3 Å². The highest BCUT2D eigenvalue weighted by molar-refractivity contribution is 5.44. The summed E-state index contributed by atoms with van der Waals surface area (Å²) in [7, 11) is 0. The van der Waals surface area contributed by atoms with Gasteiger partial charge in [-0.05, 0) is 37.0 Å². The summed E-state index contributed by atoms with van der Waals surface area (Å²) < 4.78 is 22.0. The van der Waals surface area contributed by atoms with Crippen molar-refractivity contribution in [1.82, 2.24) is 0 Å². The summed E-state index contributed by atoms with van der Waals surface area (Å²) in [6.07, 6.45) is 11.3. The first kappa shape index (κ1) is 20.1. The van der Waals surface area contributed by atoms with Crippen molar-refractivity contribution in [3.8, 4) is 11.5 Å². The van der Waals surface area contributed by atoms with Crippen molar-refractivity contribution in [2.24, 2.45) is 0 Å². The van der Waals surface area contributed by atoms with Crippen LogP contribution in [0.25, 0.3) is 0 Å². The number of ether oxygens (including phenoxy) is 4. The number of unbranched alkanes of at least 4 members (excludes halogenated alkanes) is 7. The van der Waals surface area contributed by atoms with E-state index < -0.39 is 0 Å². The molecule has 0 N–H and O–H groups in total. The molecule has 1 aromatic rings. The zero-order valence-corrected chi connectivity index (χ0v) is 15.8. The van der Waals surface area contributed by atoms with E-state index in [1.165, 1.54) is 51.4 Å². The Balaban J connectivity index is 1.34. The fourth-order valence-corrected chi connectivity index (χ4v) is 2.86. The Morgan fingerprint density at radius 2 is 1.40 bits per heavy atom. The lowest BCUT2D eigenvalue weighted by Gasteiger charge is -2.06. The molecule has 1 aliphatic rings. The summed E-state index contributed by atoms with van der Waals surface area (Å²) in [5, 5.41) is 0. The monoisotopic (exact) mass is 350 g/mol. The highest BCUT2D eigenvalue weighted by Gasteiger charge is 2.12. The van der Waals surface area contributed by atoms with Crippen molar-refractivity contribution < 1.29 is 18.9 Å². The van der Waals surface area contributed by atoms with Crippen LogP contribution >= 0.6 is 0 Å². The molecule has 142 valence electrons. The summed E-state index contributed by atoms with van der Waals surface area (Å²) in [4.78, 5) is 0. The van der Waals surface area contributed by atoms with Gasteiger partial charge in [0.2, 0.25) is 6.79 Å². The third kappa shape index (κ3) is 8.59. The van der Waals surface area contributed by atoms with Crippen LogP contribution in [0.4, 0.5) is 0 Å². The molecule has 0 unspecified atom stereocenters. The van der Waals surface area contributed by atoms with Crippen molar-refractivity contribution in [3.63, 3.8) is 0 Å². The van der Waals surface area contributed by atoms with Crippen LogP contribution in [0, 0.1) is 0 Å². The second-order valence-electron chi connectivity index (χ2n) is 6.68. The maximum absolute atomic E-state index is 5.76. The van der Waals surface area contributed by atoms with E-state index in [0.29, 0.717) is 13.4 Å². The second kappa shape index (κ2) is 13.0. The smallest absolute Gasteiger partial charge is 0.231 e. The van der Waals surface area contributed by atoms with E-state index in [9.17, 15) is 0 Å². The van der Waals surface area contributed by atoms with Crippen LogP contribution in [0.3, 0.4) is 0 Å². The molecule has 4 nitrogen and oxygen atoms in total. The van der Waals surface area contributed by atoms with E-state index in [2.05, 4.69) is 6.92 Å². The van der Waals surface area contributed by atoms with E-state index in [1.807, 2.05) is 18.2 Å². The predicted octanol–water partition coefficient (Wildman–Crippen LogP) is 5.48. The number of fused-ring (bicyclic) bond motifs is 1. The average molecular weight is 350 g/mol. The van der Waals surface area contributed by atoms with Gasteiger partial charge in [0, 0.05) is 19.8 Å². The summed E-state index contributed by atoms with van der Waals surface area (Å²) >= 11 is 0. The standard InChI is InChI=1S/C21H34O4/c1-2-3-13-22-14-9-7-5-4-6-8-10-15-23-17-19-11-12-20-21(16-19)25-18-24-20/h11-12,16H,2-10,13-15,17-18H2,1H3. The van der Waals surface area contributed by atoms with E-state index in [4.69, 9.17) is 18.9 Å².